The molecule has 2 aromatic heterocycles. The van der Waals surface area contributed by atoms with Crippen molar-refractivity contribution in [2.24, 2.45) is 5.92 Å². The third kappa shape index (κ3) is 3.24. The molecule has 0 amide bonds. The van der Waals surface area contributed by atoms with Crippen LogP contribution < -0.4 is 11.1 Å². The van der Waals surface area contributed by atoms with E-state index in [1.165, 1.54) is 16.2 Å². The van der Waals surface area contributed by atoms with Crippen molar-refractivity contribution >= 4 is 55.1 Å². The summed E-state index contributed by atoms with van der Waals surface area (Å²) in [4.78, 5) is 14.1. The zero-order valence-corrected chi connectivity index (χ0v) is 14.0. The van der Waals surface area contributed by atoms with Crippen LogP contribution in [0.25, 0.3) is 0 Å². The lowest BCUT2D eigenvalue weighted by Crippen LogP contribution is -2.02. The molecular formula is C14H15BrN2OS2. The first-order valence-electron chi connectivity index (χ1n) is 6.55. The van der Waals surface area contributed by atoms with Gasteiger partial charge in [-0.15, -0.1) is 22.7 Å². The lowest BCUT2D eigenvalue weighted by atomic mass is 10.2. The van der Waals surface area contributed by atoms with Crippen molar-refractivity contribution in [1.29, 1.82) is 0 Å². The number of hydrogen-bond acceptors (Lipinski definition) is 5. The summed E-state index contributed by atoms with van der Waals surface area (Å²) in [5.41, 5.74) is 6.56. The molecule has 0 unspecified atom stereocenters. The molecule has 3 nitrogen and oxygen atoms in total. The van der Waals surface area contributed by atoms with Crippen LogP contribution in [-0.4, -0.2) is 12.3 Å². The van der Waals surface area contributed by atoms with Crippen molar-refractivity contribution in [2.45, 2.75) is 19.3 Å². The van der Waals surface area contributed by atoms with Gasteiger partial charge in [-0.2, -0.15) is 0 Å². The lowest BCUT2D eigenvalue weighted by molar-refractivity contribution is 0.0972. The number of nitrogens with two attached hydrogens (primary N) is 1. The summed E-state index contributed by atoms with van der Waals surface area (Å²) in [6.07, 6.45) is 3.01. The standard InChI is InChI=1S/C14H15BrN2OS2/c15-11-4-3-9(19-11)5-6-17-12-7-10(16)14(20-12)13(18)8-1-2-8/h3-4,7-8,17H,1-2,5-6,16H2. The monoisotopic (exact) mass is 370 g/mol. The molecular weight excluding hydrogens is 356 g/mol. The summed E-state index contributed by atoms with van der Waals surface area (Å²) in [6, 6.07) is 6.07. The first-order chi connectivity index (χ1) is 9.63. The van der Waals surface area contributed by atoms with Crippen molar-refractivity contribution in [1.82, 2.24) is 0 Å². The van der Waals surface area contributed by atoms with E-state index in [9.17, 15) is 4.79 Å². The summed E-state index contributed by atoms with van der Waals surface area (Å²) in [5, 5.41) is 4.34. The number of nitrogens with one attached hydrogen (secondary N) is 1. The number of anilines is 2. The summed E-state index contributed by atoms with van der Waals surface area (Å²) < 4.78 is 1.16. The minimum atomic E-state index is 0.225. The van der Waals surface area contributed by atoms with Crippen LogP contribution in [0, 0.1) is 5.92 Å². The van der Waals surface area contributed by atoms with Crippen LogP contribution in [0.4, 0.5) is 10.7 Å². The van der Waals surface area contributed by atoms with Crippen LogP contribution in [0.3, 0.4) is 0 Å². The van der Waals surface area contributed by atoms with Crippen LogP contribution in [-0.2, 0) is 6.42 Å². The molecule has 2 heterocycles. The molecule has 1 fully saturated rings. The molecule has 106 valence electrons. The number of carbonyl (C=O) groups is 1. The van der Waals surface area contributed by atoms with E-state index in [-0.39, 0.29) is 11.7 Å². The molecule has 1 aliphatic rings. The third-order valence-corrected chi connectivity index (χ3v) is 6.04. The first-order valence-corrected chi connectivity index (χ1v) is 8.97. The maximum Gasteiger partial charge on any atom is 0.178 e. The summed E-state index contributed by atoms with van der Waals surface area (Å²) >= 11 is 6.70. The van der Waals surface area contributed by atoms with Crippen LogP contribution >= 0.6 is 38.6 Å². The van der Waals surface area contributed by atoms with E-state index in [1.807, 2.05) is 6.07 Å². The van der Waals surface area contributed by atoms with E-state index in [1.54, 1.807) is 11.3 Å². The van der Waals surface area contributed by atoms with Gasteiger partial charge in [0.1, 0.15) is 0 Å². The summed E-state index contributed by atoms with van der Waals surface area (Å²) in [7, 11) is 0. The number of hydrogen-bond donors (Lipinski definition) is 2. The lowest BCUT2D eigenvalue weighted by Gasteiger charge is -2.01. The van der Waals surface area contributed by atoms with Gasteiger partial charge < -0.3 is 11.1 Å². The Morgan fingerprint density at radius 2 is 2.20 bits per heavy atom. The number of nitrogen functional groups attached to an aromatic ring is 1. The van der Waals surface area contributed by atoms with E-state index in [4.69, 9.17) is 5.73 Å². The van der Waals surface area contributed by atoms with Crippen LogP contribution in [0.5, 0.6) is 0 Å². The molecule has 0 aliphatic heterocycles. The highest BCUT2D eigenvalue weighted by molar-refractivity contribution is 9.11. The van der Waals surface area contributed by atoms with Gasteiger partial charge in [0.15, 0.2) is 5.78 Å². The molecule has 1 aliphatic carbocycles. The predicted molar refractivity (Wildman–Crippen MR) is 90.0 cm³/mol. The second-order valence-electron chi connectivity index (χ2n) is 4.92. The molecule has 1 saturated carbocycles. The number of Topliss-reactive ketones (excluding diaryl/α,β-unsaturated/α-hetero) is 1. The average Bonchev–Trinajstić information content (AvgIpc) is 3.09. The fourth-order valence-corrected chi connectivity index (χ4v) is 4.52. The Morgan fingerprint density at radius 1 is 1.40 bits per heavy atom. The molecule has 6 heteroatoms. The smallest absolute Gasteiger partial charge is 0.178 e. The van der Waals surface area contributed by atoms with E-state index in [2.05, 4.69) is 33.4 Å². The number of halogens is 1. The predicted octanol–water partition coefficient (Wildman–Crippen LogP) is 4.40. The number of ketones is 1. The van der Waals surface area contributed by atoms with Gasteiger partial charge in [-0.1, -0.05) is 0 Å². The van der Waals surface area contributed by atoms with E-state index in [0.717, 1.165) is 39.5 Å². The Labute approximate surface area is 134 Å². The Kier molecular flexibility index (Phi) is 4.14. The van der Waals surface area contributed by atoms with Crippen molar-refractivity contribution in [3.8, 4) is 0 Å². The normalized spacial score (nSPS) is 14.4. The molecule has 0 saturated heterocycles. The van der Waals surface area contributed by atoms with Gasteiger partial charge >= 0.3 is 0 Å². The number of thiophene rings is 2. The second-order valence-corrected chi connectivity index (χ2v) is 8.52. The molecule has 2 aromatic rings. The highest BCUT2D eigenvalue weighted by atomic mass is 79.9. The molecule has 3 N–H and O–H groups in total. The molecule has 0 atom stereocenters. The molecule has 20 heavy (non-hydrogen) atoms. The first kappa shape index (κ1) is 14.1. The highest BCUT2D eigenvalue weighted by Gasteiger charge is 2.32. The van der Waals surface area contributed by atoms with Crippen molar-refractivity contribution in [3.63, 3.8) is 0 Å². The van der Waals surface area contributed by atoms with Gasteiger partial charge in [0.05, 0.1) is 19.4 Å². The number of carbonyl (C=O) groups excluding carboxylic acids is 1. The van der Waals surface area contributed by atoms with Gasteiger partial charge in [-0.3, -0.25) is 4.79 Å². The van der Waals surface area contributed by atoms with Gasteiger partial charge in [0.25, 0.3) is 0 Å². The summed E-state index contributed by atoms with van der Waals surface area (Å²) in [5.74, 6) is 0.454. The average molecular weight is 371 g/mol. The van der Waals surface area contributed by atoms with Crippen molar-refractivity contribution < 1.29 is 4.79 Å². The molecule has 0 aromatic carbocycles. The fraction of sp³-hybridized carbons (Fsp3) is 0.357. The topological polar surface area (TPSA) is 55.1 Å². The van der Waals surface area contributed by atoms with Crippen LogP contribution in [0.1, 0.15) is 27.4 Å². The Morgan fingerprint density at radius 3 is 2.85 bits per heavy atom. The van der Waals surface area contributed by atoms with Crippen molar-refractivity contribution in [3.05, 3.63) is 31.7 Å². The fourth-order valence-electron chi connectivity index (χ4n) is 2.01. The van der Waals surface area contributed by atoms with Crippen molar-refractivity contribution in [2.75, 3.05) is 17.6 Å². The zero-order chi connectivity index (χ0) is 14.1. The maximum absolute atomic E-state index is 12.0. The van der Waals surface area contributed by atoms with E-state index in [0.29, 0.717) is 5.69 Å². The SMILES string of the molecule is Nc1cc(NCCc2ccc(Br)s2)sc1C(=O)C1CC1. The third-order valence-electron chi connectivity index (χ3n) is 3.23. The largest absolute Gasteiger partial charge is 0.397 e. The molecule has 3 rings (SSSR count). The summed E-state index contributed by atoms with van der Waals surface area (Å²) in [6.45, 7) is 0.851. The minimum Gasteiger partial charge on any atom is -0.397 e. The van der Waals surface area contributed by atoms with E-state index < -0.39 is 0 Å². The Balaban J connectivity index is 1.57. The zero-order valence-electron chi connectivity index (χ0n) is 10.8. The highest BCUT2D eigenvalue weighted by Crippen LogP contribution is 2.38. The number of rotatable bonds is 6. The molecule has 0 bridgehead atoms. The van der Waals surface area contributed by atoms with Gasteiger partial charge in [-0.05, 0) is 53.4 Å². The second kappa shape index (κ2) is 5.87. The minimum absolute atomic E-state index is 0.225. The molecule has 0 spiro atoms. The quantitative estimate of drug-likeness (QED) is 0.740. The Hall–Kier alpha value is -0.850. The van der Waals surface area contributed by atoms with Gasteiger partial charge in [0.2, 0.25) is 0 Å². The molecule has 0 radical (unpaired) electrons. The maximum atomic E-state index is 12.0. The van der Waals surface area contributed by atoms with Crippen LogP contribution in [0.2, 0.25) is 0 Å². The van der Waals surface area contributed by atoms with E-state index >= 15 is 0 Å². The Bertz CT molecular complexity index is 631. The van der Waals surface area contributed by atoms with Crippen LogP contribution in [0.15, 0.2) is 22.0 Å². The van der Waals surface area contributed by atoms with Gasteiger partial charge in [0, 0.05) is 17.3 Å². The van der Waals surface area contributed by atoms with Gasteiger partial charge in [-0.25, -0.2) is 0 Å².